The number of ether oxygens (including phenoxy) is 1. The average molecular weight is 613 g/mol. The number of hydrogen-bond acceptors (Lipinski definition) is 14. The van der Waals surface area contributed by atoms with Crippen molar-refractivity contribution in [3.63, 3.8) is 0 Å². The van der Waals surface area contributed by atoms with E-state index in [0.717, 1.165) is 19.2 Å². The molecule has 0 aromatic carbocycles. The van der Waals surface area contributed by atoms with E-state index in [2.05, 4.69) is 67.1 Å². The summed E-state index contributed by atoms with van der Waals surface area (Å²) in [6.07, 6.45) is -0.305. The Kier molecular flexibility index (Phi) is 10.6. The Morgan fingerprint density at radius 1 is 1.05 bits per heavy atom. The first-order chi connectivity index (χ1) is 21.0. The molecule has 0 amide bonds. The molecule has 4 aromatic heterocycles. The van der Waals surface area contributed by atoms with Crippen LogP contribution < -0.4 is 16.0 Å². The van der Waals surface area contributed by atoms with E-state index in [9.17, 15) is 10.2 Å². The minimum Gasteiger partial charge on any atom is -0.481 e. The third-order valence-corrected chi connectivity index (χ3v) is 6.49. The number of fused-ring (bicyclic) bond motifs is 1. The molecule has 44 heavy (non-hydrogen) atoms. The number of imidazole rings is 1. The van der Waals surface area contributed by atoms with Crippen molar-refractivity contribution in [2.75, 3.05) is 35.6 Å². The molecule has 17 nitrogen and oxygen atoms in total. The second-order valence-electron chi connectivity index (χ2n) is 11.3. The first-order valence-corrected chi connectivity index (χ1v) is 14.3. The molecule has 5 rings (SSSR count). The predicted molar refractivity (Wildman–Crippen MR) is 161 cm³/mol. The maximum Gasteiger partial charge on any atom is 0.300 e. The van der Waals surface area contributed by atoms with Crippen LogP contribution in [0.3, 0.4) is 0 Å². The van der Waals surface area contributed by atoms with Gasteiger partial charge in [-0.25, -0.2) is 9.97 Å². The number of aliphatic carboxylic acids is 1. The number of aromatic nitrogens is 9. The Morgan fingerprint density at radius 2 is 1.80 bits per heavy atom. The van der Waals surface area contributed by atoms with Crippen molar-refractivity contribution in [3.05, 3.63) is 36.5 Å². The summed E-state index contributed by atoms with van der Waals surface area (Å²) >= 11 is 0. The van der Waals surface area contributed by atoms with Crippen LogP contribution in [0.5, 0.6) is 0 Å². The van der Waals surface area contributed by atoms with E-state index in [1.807, 2.05) is 25.1 Å². The molecule has 5 heterocycles. The average Bonchev–Trinajstić information content (AvgIpc) is 3.69. The fourth-order valence-electron chi connectivity index (χ4n) is 4.30. The van der Waals surface area contributed by atoms with Gasteiger partial charge in [0.25, 0.3) is 5.97 Å². The smallest absolute Gasteiger partial charge is 0.300 e. The molecule has 1 aliphatic rings. The number of pyridine rings is 1. The molecule has 238 valence electrons. The van der Waals surface area contributed by atoms with Crippen molar-refractivity contribution in [1.82, 2.24) is 44.7 Å². The third-order valence-electron chi connectivity index (χ3n) is 6.49. The molecule has 6 N–H and O–H groups in total. The van der Waals surface area contributed by atoms with Gasteiger partial charge in [-0.05, 0) is 36.1 Å². The molecule has 1 saturated heterocycles. The van der Waals surface area contributed by atoms with Crippen LogP contribution in [0.4, 0.5) is 17.6 Å². The number of aliphatic hydroxyl groups is 2. The lowest BCUT2D eigenvalue weighted by molar-refractivity contribution is -0.134. The Labute approximate surface area is 254 Å². The second-order valence-corrected chi connectivity index (χ2v) is 11.3. The third kappa shape index (κ3) is 8.33. The SMILES string of the molecule is CC(=O)O.CCn1nnc([C@H]2O[C@@H](n3cnc4c(NCCC(C)(C)C)nc(NCCNc5ccccn5)nc43)[C@H](O)[C@@H]2O)n1. The number of rotatable bonds is 11. The molecule has 1 fully saturated rings. The van der Waals surface area contributed by atoms with Crippen molar-refractivity contribution in [2.24, 2.45) is 5.41 Å². The molecule has 0 spiro atoms. The normalized spacial score (nSPS) is 19.8. The minimum atomic E-state index is -1.28. The van der Waals surface area contributed by atoms with Gasteiger partial charge < -0.3 is 36.0 Å². The maximum absolute atomic E-state index is 10.9. The fraction of sp³-hybridized carbons (Fsp3) is 0.556. The summed E-state index contributed by atoms with van der Waals surface area (Å²) in [5.74, 6) is 1.08. The van der Waals surface area contributed by atoms with E-state index >= 15 is 0 Å². The lowest BCUT2D eigenvalue weighted by Crippen LogP contribution is -2.29. The van der Waals surface area contributed by atoms with E-state index in [0.29, 0.717) is 49.1 Å². The number of carboxylic acid groups (broad SMARTS) is 1. The molecule has 0 bridgehead atoms. The Bertz CT molecular complexity index is 1500. The Balaban J connectivity index is 0.00000104. The van der Waals surface area contributed by atoms with E-state index in [4.69, 9.17) is 19.6 Å². The van der Waals surface area contributed by atoms with E-state index in [-0.39, 0.29) is 11.2 Å². The standard InChI is InChI=1S/C25H36N12O3.C2H4O2/c1-5-37-34-21(33-35-37)19-17(38)18(39)23(40-19)36-14-30-16-20(28-11-9-25(2,3)4)31-24(32-22(16)36)29-13-12-27-15-8-6-7-10-26-15;1-2(3)4/h6-8,10,14,17-19,23,38-39H,5,9,11-13H2,1-4H3,(H,26,27)(H2,28,29,31,32);1H3,(H,3,4)/t17-,18+,19-,23+;/m0./s1. The first kappa shape index (κ1) is 32.4. The van der Waals surface area contributed by atoms with Crippen LogP contribution in [0.1, 0.15) is 59.2 Å². The molecule has 17 heteroatoms. The highest BCUT2D eigenvalue weighted by molar-refractivity contribution is 5.84. The maximum atomic E-state index is 10.9. The molecule has 4 aromatic rings. The summed E-state index contributed by atoms with van der Waals surface area (Å²) in [7, 11) is 0. The number of tetrazole rings is 1. The number of carboxylic acids is 1. The minimum absolute atomic E-state index is 0.136. The van der Waals surface area contributed by atoms with Gasteiger partial charge in [0.15, 0.2) is 29.3 Å². The summed E-state index contributed by atoms with van der Waals surface area (Å²) in [6, 6.07) is 5.67. The van der Waals surface area contributed by atoms with Crippen LogP contribution >= 0.6 is 0 Å². The highest BCUT2D eigenvalue weighted by atomic mass is 16.6. The summed E-state index contributed by atoms with van der Waals surface area (Å²) in [6.45, 7) is 11.8. The molecule has 0 unspecified atom stereocenters. The number of hydrogen-bond donors (Lipinski definition) is 6. The topological polar surface area (TPSA) is 223 Å². The van der Waals surface area contributed by atoms with Crippen molar-refractivity contribution in [2.45, 2.75) is 72.1 Å². The van der Waals surface area contributed by atoms with Crippen LogP contribution in [0, 0.1) is 5.41 Å². The van der Waals surface area contributed by atoms with Gasteiger partial charge in [-0.2, -0.15) is 14.8 Å². The highest BCUT2D eigenvalue weighted by Crippen LogP contribution is 2.39. The zero-order valence-corrected chi connectivity index (χ0v) is 25.4. The molecule has 1 aliphatic heterocycles. The van der Waals surface area contributed by atoms with Crippen molar-refractivity contribution in [3.8, 4) is 0 Å². The number of carbonyl (C=O) groups is 1. The van der Waals surface area contributed by atoms with Crippen LogP contribution in [0.15, 0.2) is 30.7 Å². The van der Waals surface area contributed by atoms with Crippen LogP contribution in [-0.4, -0.2) is 97.8 Å². The molecular weight excluding hydrogens is 572 g/mol. The number of anilines is 3. The number of nitrogens with one attached hydrogen (secondary N) is 3. The van der Waals surface area contributed by atoms with Gasteiger partial charge in [0, 0.05) is 32.8 Å². The van der Waals surface area contributed by atoms with Gasteiger partial charge in [-0.15, -0.1) is 10.2 Å². The predicted octanol–water partition coefficient (Wildman–Crippen LogP) is 1.68. The summed E-state index contributed by atoms with van der Waals surface area (Å²) in [4.78, 5) is 28.6. The molecule has 0 aliphatic carbocycles. The van der Waals surface area contributed by atoms with Gasteiger partial charge in [-0.3, -0.25) is 9.36 Å². The lowest BCUT2D eigenvalue weighted by atomic mass is 9.92. The lowest BCUT2D eigenvalue weighted by Gasteiger charge is -2.19. The van der Waals surface area contributed by atoms with Crippen LogP contribution in [0.2, 0.25) is 0 Å². The largest absolute Gasteiger partial charge is 0.481 e. The van der Waals surface area contributed by atoms with Gasteiger partial charge >= 0.3 is 0 Å². The van der Waals surface area contributed by atoms with Crippen molar-refractivity contribution >= 4 is 34.7 Å². The Morgan fingerprint density at radius 3 is 2.45 bits per heavy atom. The number of aliphatic hydroxyl groups excluding tert-OH is 2. The molecule has 0 saturated carbocycles. The Hall–Kier alpha value is -4.48. The second kappa shape index (κ2) is 14.3. The zero-order chi connectivity index (χ0) is 31.9. The quantitative estimate of drug-likeness (QED) is 0.133. The summed E-state index contributed by atoms with van der Waals surface area (Å²) in [5, 5.41) is 51.2. The van der Waals surface area contributed by atoms with Gasteiger partial charge in [0.05, 0.1) is 12.9 Å². The number of nitrogens with zero attached hydrogens (tertiary/aromatic N) is 9. The molecule has 0 radical (unpaired) electrons. The summed E-state index contributed by atoms with van der Waals surface area (Å²) < 4.78 is 7.66. The van der Waals surface area contributed by atoms with E-state index in [1.165, 1.54) is 11.1 Å². The number of aryl methyl sites for hydroxylation is 1. The first-order valence-electron chi connectivity index (χ1n) is 14.3. The highest BCUT2D eigenvalue weighted by Gasteiger charge is 2.47. The van der Waals surface area contributed by atoms with Gasteiger partial charge in [-0.1, -0.05) is 26.8 Å². The van der Waals surface area contributed by atoms with Crippen molar-refractivity contribution < 1.29 is 24.9 Å². The van der Waals surface area contributed by atoms with Crippen molar-refractivity contribution in [1.29, 1.82) is 0 Å². The van der Waals surface area contributed by atoms with Gasteiger partial charge in [0.2, 0.25) is 11.8 Å². The molecular formula is C27H40N12O5. The zero-order valence-electron chi connectivity index (χ0n) is 25.4. The van der Waals surface area contributed by atoms with Gasteiger partial charge in [0.1, 0.15) is 18.0 Å². The summed E-state index contributed by atoms with van der Waals surface area (Å²) in [5.41, 5.74) is 1.10. The van der Waals surface area contributed by atoms with Crippen LogP contribution in [-0.2, 0) is 16.1 Å². The monoisotopic (exact) mass is 612 g/mol. The molecule has 4 atom stereocenters. The fourth-order valence-corrected chi connectivity index (χ4v) is 4.30. The van der Waals surface area contributed by atoms with E-state index < -0.39 is 30.5 Å². The van der Waals surface area contributed by atoms with Crippen LogP contribution in [0.25, 0.3) is 11.2 Å². The van der Waals surface area contributed by atoms with E-state index in [1.54, 1.807) is 10.8 Å².